The minimum Gasteiger partial charge on any atom is -0.354 e. The second-order valence-electron chi connectivity index (χ2n) is 4.97. The SMILES string of the molecule is Cc1nc(NCCCN)nc2c1CC(C)CC2. The van der Waals surface area contributed by atoms with Gasteiger partial charge in [-0.25, -0.2) is 9.97 Å². The normalized spacial score (nSPS) is 18.9. The van der Waals surface area contributed by atoms with Gasteiger partial charge in [-0.3, -0.25) is 0 Å². The monoisotopic (exact) mass is 234 g/mol. The van der Waals surface area contributed by atoms with Crippen LogP contribution in [-0.2, 0) is 12.8 Å². The molecule has 1 aromatic heterocycles. The highest BCUT2D eigenvalue weighted by atomic mass is 15.1. The van der Waals surface area contributed by atoms with Gasteiger partial charge in [0.1, 0.15) is 0 Å². The first-order chi connectivity index (χ1) is 8.20. The summed E-state index contributed by atoms with van der Waals surface area (Å²) in [6.45, 7) is 5.95. The molecule has 1 unspecified atom stereocenters. The predicted octanol–water partition coefficient (Wildman–Crippen LogP) is 1.67. The van der Waals surface area contributed by atoms with E-state index in [0.717, 1.165) is 43.4 Å². The molecule has 94 valence electrons. The van der Waals surface area contributed by atoms with Crippen molar-refractivity contribution in [3.05, 3.63) is 17.0 Å². The first-order valence-corrected chi connectivity index (χ1v) is 6.51. The van der Waals surface area contributed by atoms with Gasteiger partial charge in [0.15, 0.2) is 0 Å². The molecule has 0 aliphatic heterocycles. The molecule has 1 heterocycles. The van der Waals surface area contributed by atoms with Gasteiger partial charge in [-0.1, -0.05) is 6.92 Å². The van der Waals surface area contributed by atoms with E-state index in [1.807, 2.05) is 0 Å². The Morgan fingerprint density at radius 1 is 1.41 bits per heavy atom. The quantitative estimate of drug-likeness (QED) is 0.778. The third-order valence-corrected chi connectivity index (χ3v) is 3.39. The molecule has 1 aromatic rings. The molecule has 0 aromatic carbocycles. The maximum atomic E-state index is 5.47. The topological polar surface area (TPSA) is 63.8 Å². The van der Waals surface area contributed by atoms with Crippen LogP contribution in [0.2, 0.25) is 0 Å². The molecule has 0 amide bonds. The molecule has 1 atom stereocenters. The number of hydrogen-bond acceptors (Lipinski definition) is 4. The number of anilines is 1. The zero-order chi connectivity index (χ0) is 12.3. The van der Waals surface area contributed by atoms with Crippen LogP contribution < -0.4 is 11.1 Å². The third kappa shape index (κ3) is 2.94. The van der Waals surface area contributed by atoms with Gasteiger partial charge >= 0.3 is 0 Å². The maximum Gasteiger partial charge on any atom is 0.223 e. The van der Waals surface area contributed by atoms with E-state index >= 15 is 0 Å². The fraction of sp³-hybridized carbons (Fsp3) is 0.692. The molecule has 17 heavy (non-hydrogen) atoms. The van der Waals surface area contributed by atoms with Crippen LogP contribution in [0.1, 0.15) is 36.7 Å². The van der Waals surface area contributed by atoms with Crippen molar-refractivity contribution in [1.29, 1.82) is 0 Å². The summed E-state index contributed by atoms with van der Waals surface area (Å²) in [5.41, 5.74) is 9.21. The Hall–Kier alpha value is -1.16. The van der Waals surface area contributed by atoms with Crippen LogP contribution >= 0.6 is 0 Å². The molecular weight excluding hydrogens is 212 g/mol. The van der Waals surface area contributed by atoms with Crippen molar-refractivity contribution in [1.82, 2.24) is 9.97 Å². The lowest BCUT2D eigenvalue weighted by Crippen LogP contribution is -2.18. The average molecular weight is 234 g/mol. The van der Waals surface area contributed by atoms with E-state index in [1.165, 1.54) is 17.7 Å². The van der Waals surface area contributed by atoms with Crippen molar-refractivity contribution >= 4 is 5.95 Å². The van der Waals surface area contributed by atoms with Crippen molar-refractivity contribution in [2.24, 2.45) is 11.7 Å². The summed E-state index contributed by atoms with van der Waals surface area (Å²) in [5, 5.41) is 3.25. The van der Waals surface area contributed by atoms with E-state index in [-0.39, 0.29) is 0 Å². The molecule has 1 aliphatic rings. The Labute approximate surface area is 103 Å². The lowest BCUT2D eigenvalue weighted by atomic mass is 9.87. The number of rotatable bonds is 4. The zero-order valence-corrected chi connectivity index (χ0v) is 10.8. The van der Waals surface area contributed by atoms with Crippen LogP contribution in [-0.4, -0.2) is 23.1 Å². The number of nitrogens with one attached hydrogen (secondary N) is 1. The van der Waals surface area contributed by atoms with E-state index in [0.29, 0.717) is 6.54 Å². The Bertz CT molecular complexity index is 389. The summed E-state index contributed by atoms with van der Waals surface area (Å²) in [6, 6.07) is 0. The molecule has 1 aliphatic carbocycles. The van der Waals surface area contributed by atoms with Crippen molar-refractivity contribution in [3.63, 3.8) is 0 Å². The van der Waals surface area contributed by atoms with Crippen LogP contribution in [0, 0.1) is 12.8 Å². The van der Waals surface area contributed by atoms with Gasteiger partial charge in [0.25, 0.3) is 0 Å². The van der Waals surface area contributed by atoms with Gasteiger partial charge in [0, 0.05) is 17.9 Å². The van der Waals surface area contributed by atoms with Gasteiger partial charge in [0.05, 0.1) is 0 Å². The van der Waals surface area contributed by atoms with E-state index < -0.39 is 0 Å². The Morgan fingerprint density at radius 3 is 3.00 bits per heavy atom. The van der Waals surface area contributed by atoms with Crippen LogP contribution in [0.3, 0.4) is 0 Å². The highest BCUT2D eigenvalue weighted by Gasteiger charge is 2.19. The van der Waals surface area contributed by atoms with Crippen LogP contribution in [0.4, 0.5) is 5.95 Å². The second-order valence-corrected chi connectivity index (χ2v) is 4.97. The smallest absolute Gasteiger partial charge is 0.223 e. The Balaban J connectivity index is 2.13. The minimum atomic E-state index is 0.703. The molecule has 0 radical (unpaired) electrons. The van der Waals surface area contributed by atoms with Crippen molar-refractivity contribution in [3.8, 4) is 0 Å². The number of nitrogens with zero attached hydrogens (tertiary/aromatic N) is 2. The molecule has 4 heteroatoms. The summed E-state index contributed by atoms with van der Waals surface area (Å²) in [7, 11) is 0. The summed E-state index contributed by atoms with van der Waals surface area (Å²) >= 11 is 0. The molecule has 0 spiro atoms. The fourth-order valence-corrected chi connectivity index (χ4v) is 2.34. The van der Waals surface area contributed by atoms with Crippen LogP contribution in [0.5, 0.6) is 0 Å². The van der Waals surface area contributed by atoms with E-state index in [9.17, 15) is 0 Å². The van der Waals surface area contributed by atoms with Crippen molar-refractivity contribution < 1.29 is 0 Å². The molecule has 4 nitrogen and oxygen atoms in total. The number of aryl methyl sites for hydroxylation is 2. The van der Waals surface area contributed by atoms with Gasteiger partial charge < -0.3 is 11.1 Å². The van der Waals surface area contributed by atoms with Crippen molar-refractivity contribution in [2.45, 2.75) is 39.5 Å². The molecular formula is C13H22N4. The highest BCUT2D eigenvalue weighted by molar-refractivity contribution is 5.35. The highest BCUT2D eigenvalue weighted by Crippen LogP contribution is 2.26. The summed E-state index contributed by atoms with van der Waals surface area (Å²) in [4.78, 5) is 9.15. The number of nitrogens with two attached hydrogens (primary N) is 1. The van der Waals surface area contributed by atoms with Gasteiger partial charge in [-0.2, -0.15) is 0 Å². The molecule has 0 fully saturated rings. The van der Waals surface area contributed by atoms with E-state index in [4.69, 9.17) is 5.73 Å². The van der Waals surface area contributed by atoms with Crippen LogP contribution in [0.15, 0.2) is 0 Å². The zero-order valence-electron chi connectivity index (χ0n) is 10.8. The largest absolute Gasteiger partial charge is 0.354 e. The van der Waals surface area contributed by atoms with Gasteiger partial charge in [0.2, 0.25) is 5.95 Å². The summed E-state index contributed by atoms with van der Waals surface area (Å²) < 4.78 is 0. The summed E-state index contributed by atoms with van der Waals surface area (Å²) in [5.74, 6) is 1.53. The Morgan fingerprint density at radius 2 is 2.24 bits per heavy atom. The Kier molecular flexibility index (Phi) is 3.94. The first kappa shape index (κ1) is 12.3. The fourth-order valence-electron chi connectivity index (χ4n) is 2.34. The first-order valence-electron chi connectivity index (χ1n) is 6.51. The number of fused-ring (bicyclic) bond motifs is 1. The third-order valence-electron chi connectivity index (χ3n) is 3.39. The second kappa shape index (κ2) is 5.45. The van der Waals surface area contributed by atoms with Crippen molar-refractivity contribution in [2.75, 3.05) is 18.4 Å². The molecule has 3 N–H and O–H groups in total. The molecule has 2 rings (SSSR count). The molecule has 0 saturated carbocycles. The van der Waals surface area contributed by atoms with Crippen LogP contribution in [0.25, 0.3) is 0 Å². The minimum absolute atomic E-state index is 0.703. The summed E-state index contributed by atoms with van der Waals surface area (Å²) in [6.07, 6.45) is 4.41. The molecule has 0 bridgehead atoms. The standard InChI is InChI=1S/C13H22N4/c1-9-4-5-12-11(8-9)10(2)16-13(17-12)15-7-3-6-14/h9H,3-8,14H2,1-2H3,(H,15,16,17). The molecule has 0 saturated heterocycles. The number of aromatic nitrogens is 2. The lowest BCUT2D eigenvalue weighted by Gasteiger charge is -2.22. The van der Waals surface area contributed by atoms with E-state index in [2.05, 4.69) is 29.1 Å². The van der Waals surface area contributed by atoms with E-state index in [1.54, 1.807) is 0 Å². The van der Waals surface area contributed by atoms with Gasteiger partial charge in [-0.15, -0.1) is 0 Å². The van der Waals surface area contributed by atoms with Gasteiger partial charge in [-0.05, 0) is 50.6 Å². The predicted molar refractivity (Wildman–Crippen MR) is 70.1 cm³/mol. The average Bonchev–Trinajstić information content (AvgIpc) is 2.31. The maximum absolute atomic E-state index is 5.47. The lowest BCUT2D eigenvalue weighted by molar-refractivity contribution is 0.490. The number of hydrogen-bond donors (Lipinski definition) is 2.